The van der Waals surface area contributed by atoms with Crippen LogP contribution in [0.15, 0.2) is 30.3 Å². The van der Waals surface area contributed by atoms with E-state index in [0.29, 0.717) is 19.6 Å². The van der Waals surface area contributed by atoms with E-state index >= 15 is 0 Å². The predicted octanol–water partition coefficient (Wildman–Crippen LogP) is 3.08. The molecule has 1 aliphatic rings. The summed E-state index contributed by atoms with van der Waals surface area (Å²) in [4.78, 5) is 25.5. The minimum absolute atomic E-state index is 0.238. The number of rotatable bonds is 4. The van der Waals surface area contributed by atoms with Gasteiger partial charge in [0.25, 0.3) is 0 Å². The van der Waals surface area contributed by atoms with Crippen molar-refractivity contribution in [3.63, 3.8) is 0 Å². The summed E-state index contributed by atoms with van der Waals surface area (Å²) in [6, 6.07) is 8.71. The quantitative estimate of drug-likeness (QED) is 0.632. The molecule has 1 fully saturated rings. The highest BCUT2D eigenvalue weighted by molar-refractivity contribution is 6.34. The zero-order chi connectivity index (χ0) is 16.2. The molecule has 1 aromatic carbocycles. The molecule has 0 N–H and O–H groups in total. The van der Waals surface area contributed by atoms with Crippen molar-refractivity contribution in [2.45, 2.75) is 44.0 Å². The number of alkyl halides is 1. The van der Waals surface area contributed by atoms with Crippen molar-refractivity contribution in [2.75, 3.05) is 13.2 Å². The lowest BCUT2D eigenvalue weighted by atomic mass is 9.95. The second-order valence-corrected chi connectivity index (χ2v) is 6.39. The molecule has 0 aromatic heterocycles. The largest absolute Gasteiger partial charge is 0.464 e. The van der Waals surface area contributed by atoms with Crippen molar-refractivity contribution in [3.05, 3.63) is 35.9 Å². The summed E-state index contributed by atoms with van der Waals surface area (Å²) >= 11 is 6.55. The Bertz CT molecular complexity index is 530. The van der Waals surface area contributed by atoms with Crippen LogP contribution in [0.2, 0.25) is 0 Å². The third-order valence-corrected chi connectivity index (χ3v) is 4.42. The fourth-order valence-electron chi connectivity index (χ4n) is 2.80. The van der Waals surface area contributed by atoms with Gasteiger partial charge < -0.3 is 9.64 Å². The Hall–Kier alpha value is -1.55. The van der Waals surface area contributed by atoms with Crippen LogP contribution in [0.5, 0.6) is 0 Å². The number of esters is 1. The number of ether oxygens (including phenoxy) is 1. The van der Waals surface area contributed by atoms with Crippen molar-refractivity contribution < 1.29 is 14.3 Å². The first-order chi connectivity index (χ1) is 10.5. The molecule has 5 heteroatoms. The molecule has 0 saturated carbocycles. The number of benzene rings is 1. The van der Waals surface area contributed by atoms with E-state index in [1.165, 1.54) is 0 Å². The Kier molecular flexibility index (Phi) is 5.46. The highest BCUT2D eigenvalue weighted by Gasteiger charge is 2.42. The van der Waals surface area contributed by atoms with E-state index in [2.05, 4.69) is 0 Å². The zero-order valence-electron chi connectivity index (χ0n) is 13.0. The fourth-order valence-corrected chi connectivity index (χ4v) is 3.04. The summed E-state index contributed by atoms with van der Waals surface area (Å²) in [5, 5.41) is 0. The van der Waals surface area contributed by atoms with Gasteiger partial charge in [0.05, 0.1) is 6.61 Å². The van der Waals surface area contributed by atoms with Crippen LogP contribution in [-0.2, 0) is 19.2 Å². The molecule has 22 heavy (non-hydrogen) atoms. The average Bonchev–Trinajstić information content (AvgIpc) is 2.55. The molecule has 0 aliphatic carbocycles. The van der Waals surface area contributed by atoms with Crippen molar-refractivity contribution in [2.24, 2.45) is 0 Å². The lowest BCUT2D eigenvalue weighted by Crippen LogP contribution is -2.53. The molecule has 1 saturated heterocycles. The Morgan fingerprint density at radius 2 is 2.00 bits per heavy atom. The monoisotopic (exact) mass is 323 g/mol. The highest BCUT2D eigenvalue weighted by atomic mass is 35.5. The first-order valence-corrected chi connectivity index (χ1v) is 8.08. The molecular weight excluding hydrogens is 302 g/mol. The van der Waals surface area contributed by atoms with E-state index in [4.69, 9.17) is 16.3 Å². The molecule has 1 aromatic rings. The van der Waals surface area contributed by atoms with Gasteiger partial charge in [-0.3, -0.25) is 4.79 Å². The number of hydrogen-bond donors (Lipinski definition) is 0. The molecule has 1 aliphatic heterocycles. The number of halogens is 1. The average molecular weight is 324 g/mol. The van der Waals surface area contributed by atoms with Crippen LogP contribution in [0.3, 0.4) is 0 Å². The molecule has 2 atom stereocenters. The number of carbonyl (C=O) groups is 2. The van der Waals surface area contributed by atoms with Gasteiger partial charge >= 0.3 is 5.97 Å². The first kappa shape index (κ1) is 16.8. The lowest BCUT2D eigenvalue weighted by Gasteiger charge is -2.38. The van der Waals surface area contributed by atoms with Crippen molar-refractivity contribution in [1.29, 1.82) is 0 Å². The van der Waals surface area contributed by atoms with Crippen LogP contribution in [-0.4, -0.2) is 36.0 Å². The lowest BCUT2D eigenvalue weighted by molar-refractivity contribution is -0.157. The SMILES string of the molecule is CCOC(=O)C1CCCCN1C(=O)C(C)(Cl)c1ccccc1. The third kappa shape index (κ3) is 3.43. The number of piperidine rings is 1. The maximum atomic E-state index is 12.9. The summed E-state index contributed by atoms with van der Waals surface area (Å²) in [5.41, 5.74) is 0.731. The van der Waals surface area contributed by atoms with Crippen LogP contribution >= 0.6 is 11.6 Å². The van der Waals surface area contributed by atoms with Crippen LogP contribution in [0.4, 0.5) is 0 Å². The summed E-state index contributed by atoms with van der Waals surface area (Å²) in [5.74, 6) is -0.575. The van der Waals surface area contributed by atoms with E-state index in [-0.39, 0.29) is 11.9 Å². The van der Waals surface area contributed by atoms with Crippen LogP contribution in [0.25, 0.3) is 0 Å². The molecular formula is C17H22ClNO3. The molecule has 2 rings (SSSR count). The molecule has 120 valence electrons. The third-order valence-electron chi connectivity index (χ3n) is 4.04. The smallest absolute Gasteiger partial charge is 0.328 e. The van der Waals surface area contributed by atoms with Gasteiger partial charge in [0, 0.05) is 6.54 Å². The number of carbonyl (C=O) groups excluding carboxylic acids is 2. The predicted molar refractivity (Wildman–Crippen MR) is 85.6 cm³/mol. The Balaban J connectivity index is 2.23. The van der Waals surface area contributed by atoms with Crippen molar-refractivity contribution in [3.8, 4) is 0 Å². The van der Waals surface area contributed by atoms with Crippen LogP contribution in [0.1, 0.15) is 38.7 Å². The second-order valence-electron chi connectivity index (χ2n) is 5.63. The minimum Gasteiger partial charge on any atom is -0.464 e. The van der Waals surface area contributed by atoms with E-state index in [0.717, 1.165) is 18.4 Å². The van der Waals surface area contributed by atoms with Gasteiger partial charge in [0.1, 0.15) is 10.9 Å². The Morgan fingerprint density at radius 1 is 1.32 bits per heavy atom. The van der Waals surface area contributed by atoms with Gasteiger partial charge in [-0.1, -0.05) is 30.3 Å². The van der Waals surface area contributed by atoms with Gasteiger partial charge in [-0.05, 0) is 38.7 Å². The van der Waals surface area contributed by atoms with E-state index < -0.39 is 10.9 Å². The topological polar surface area (TPSA) is 46.6 Å². The van der Waals surface area contributed by atoms with Gasteiger partial charge in [-0.25, -0.2) is 4.79 Å². The van der Waals surface area contributed by atoms with Gasteiger partial charge in [-0.15, -0.1) is 11.6 Å². The molecule has 1 heterocycles. The van der Waals surface area contributed by atoms with Crippen LogP contribution in [0, 0.1) is 0 Å². The normalized spacial score (nSPS) is 21.0. The molecule has 0 bridgehead atoms. The number of amides is 1. The van der Waals surface area contributed by atoms with Crippen molar-refractivity contribution in [1.82, 2.24) is 4.90 Å². The maximum absolute atomic E-state index is 12.9. The second kappa shape index (κ2) is 7.14. The molecule has 0 radical (unpaired) electrons. The summed E-state index contributed by atoms with van der Waals surface area (Å²) < 4.78 is 5.10. The van der Waals surface area contributed by atoms with Crippen molar-refractivity contribution >= 4 is 23.5 Å². The van der Waals surface area contributed by atoms with Crippen LogP contribution < -0.4 is 0 Å². The summed E-state index contributed by atoms with van der Waals surface area (Å²) in [6.45, 7) is 4.30. The number of likely N-dealkylation sites (tertiary alicyclic amines) is 1. The number of nitrogens with zero attached hydrogens (tertiary/aromatic N) is 1. The Morgan fingerprint density at radius 3 is 2.64 bits per heavy atom. The molecule has 1 amide bonds. The summed E-state index contributed by atoms with van der Waals surface area (Å²) in [7, 11) is 0. The Labute approximate surface area is 136 Å². The minimum atomic E-state index is -1.18. The summed E-state index contributed by atoms with van der Waals surface area (Å²) in [6.07, 6.45) is 2.42. The molecule has 4 nitrogen and oxygen atoms in total. The standard InChI is InChI=1S/C17H22ClNO3/c1-3-22-15(20)14-11-7-8-12-19(14)16(21)17(2,18)13-9-5-4-6-10-13/h4-6,9-10,14H,3,7-8,11-12H2,1-2H3. The fraction of sp³-hybridized carbons (Fsp3) is 0.529. The molecule has 2 unspecified atom stereocenters. The van der Waals surface area contributed by atoms with E-state index in [9.17, 15) is 9.59 Å². The van der Waals surface area contributed by atoms with E-state index in [1.54, 1.807) is 18.7 Å². The molecule has 0 spiro atoms. The van der Waals surface area contributed by atoms with Gasteiger partial charge in [-0.2, -0.15) is 0 Å². The zero-order valence-corrected chi connectivity index (χ0v) is 13.8. The van der Waals surface area contributed by atoms with Gasteiger partial charge in [0.2, 0.25) is 5.91 Å². The first-order valence-electron chi connectivity index (χ1n) is 7.70. The number of hydrogen-bond acceptors (Lipinski definition) is 3. The maximum Gasteiger partial charge on any atom is 0.328 e. The van der Waals surface area contributed by atoms with Gasteiger partial charge in [0.15, 0.2) is 0 Å². The highest BCUT2D eigenvalue weighted by Crippen LogP contribution is 2.33. The van der Waals surface area contributed by atoms with E-state index in [1.807, 2.05) is 30.3 Å².